The van der Waals surface area contributed by atoms with Crippen molar-refractivity contribution in [3.05, 3.63) is 18.0 Å². The Kier molecular flexibility index (Phi) is 4.70. The van der Waals surface area contributed by atoms with Crippen LogP contribution in [0.4, 0.5) is 0 Å². The molecule has 8 heteroatoms. The second kappa shape index (κ2) is 6.17. The van der Waals surface area contributed by atoms with Gasteiger partial charge in [-0.25, -0.2) is 17.9 Å². The lowest BCUT2D eigenvalue weighted by molar-refractivity contribution is 0.0685. The average molecular weight is 316 g/mol. The number of sulfonamides is 1. The number of hydrogen-bond acceptors (Lipinski definition) is 4. The van der Waals surface area contributed by atoms with Gasteiger partial charge in [0.15, 0.2) is 0 Å². The van der Waals surface area contributed by atoms with Crippen molar-refractivity contribution in [1.82, 2.24) is 9.29 Å². The van der Waals surface area contributed by atoms with Crippen molar-refractivity contribution in [2.75, 3.05) is 13.2 Å². The summed E-state index contributed by atoms with van der Waals surface area (Å²) in [5.41, 5.74) is -0.0327. The highest BCUT2D eigenvalue weighted by molar-refractivity contribution is 7.89. The topological polar surface area (TPSA) is 97.6 Å². The van der Waals surface area contributed by atoms with E-state index in [9.17, 15) is 13.2 Å². The zero-order chi connectivity index (χ0) is 15.6. The molecule has 0 spiro atoms. The number of nitrogens with zero attached hydrogens (tertiary/aromatic N) is 1. The summed E-state index contributed by atoms with van der Waals surface area (Å²) in [7, 11) is -3.73. The van der Waals surface area contributed by atoms with Gasteiger partial charge in [0.05, 0.1) is 6.61 Å². The van der Waals surface area contributed by atoms with E-state index >= 15 is 0 Å². The quantitative estimate of drug-likeness (QED) is 0.813. The summed E-state index contributed by atoms with van der Waals surface area (Å²) in [4.78, 5) is 11.1. The molecular weight excluding hydrogens is 296 g/mol. The second-order valence-electron chi connectivity index (χ2n) is 5.19. The molecule has 2 atom stereocenters. The minimum Gasteiger partial charge on any atom is -0.477 e. The van der Waals surface area contributed by atoms with Crippen LogP contribution in [0.3, 0.4) is 0 Å². The highest BCUT2D eigenvalue weighted by Gasteiger charge is 2.28. The van der Waals surface area contributed by atoms with Gasteiger partial charge in [0.2, 0.25) is 10.0 Å². The van der Waals surface area contributed by atoms with Crippen LogP contribution in [-0.4, -0.2) is 43.3 Å². The number of aromatic carboxylic acids is 1. The van der Waals surface area contributed by atoms with E-state index in [4.69, 9.17) is 9.84 Å². The lowest BCUT2D eigenvalue weighted by atomic mass is 10.0. The van der Waals surface area contributed by atoms with Crippen molar-refractivity contribution in [1.29, 1.82) is 0 Å². The third kappa shape index (κ3) is 3.45. The molecule has 2 heterocycles. The fraction of sp³-hybridized carbons (Fsp3) is 0.615. The number of aryl methyl sites for hydroxylation is 1. The molecule has 1 aliphatic rings. The highest BCUT2D eigenvalue weighted by Crippen LogP contribution is 2.20. The summed E-state index contributed by atoms with van der Waals surface area (Å²) in [6, 6.07) is 0.933. The minimum atomic E-state index is -3.73. The number of carboxylic acid groups (broad SMARTS) is 1. The predicted octanol–water partition coefficient (Wildman–Crippen LogP) is 0.909. The van der Waals surface area contributed by atoms with Gasteiger partial charge < -0.3 is 14.4 Å². The van der Waals surface area contributed by atoms with Crippen molar-refractivity contribution < 1.29 is 23.1 Å². The Labute approximate surface area is 124 Å². The molecule has 2 N–H and O–H groups in total. The molecule has 0 saturated carbocycles. The molecule has 1 aliphatic heterocycles. The molecule has 0 bridgehead atoms. The fourth-order valence-electron chi connectivity index (χ4n) is 2.43. The Hall–Kier alpha value is -1.38. The Bertz CT molecular complexity index is 617. The first kappa shape index (κ1) is 16.0. The van der Waals surface area contributed by atoms with E-state index in [-0.39, 0.29) is 22.5 Å². The van der Waals surface area contributed by atoms with Crippen LogP contribution in [0.25, 0.3) is 0 Å². The van der Waals surface area contributed by atoms with E-state index in [1.807, 2.05) is 0 Å². The Morgan fingerprint density at radius 3 is 2.81 bits per heavy atom. The van der Waals surface area contributed by atoms with Gasteiger partial charge in [0, 0.05) is 31.3 Å². The maximum atomic E-state index is 12.3. The lowest BCUT2D eigenvalue weighted by Crippen LogP contribution is -2.38. The zero-order valence-electron chi connectivity index (χ0n) is 12.1. The van der Waals surface area contributed by atoms with E-state index in [1.165, 1.54) is 16.8 Å². The van der Waals surface area contributed by atoms with Gasteiger partial charge in [0.1, 0.15) is 10.6 Å². The van der Waals surface area contributed by atoms with Gasteiger partial charge in [0.25, 0.3) is 0 Å². The van der Waals surface area contributed by atoms with Crippen LogP contribution in [0.2, 0.25) is 0 Å². The summed E-state index contributed by atoms with van der Waals surface area (Å²) in [6.07, 6.45) is 2.17. The number of carboxylic acids is 1. The smallest absolute Gasteiger partial charge is 0.352 e. The molecule has 7 nitrogen and oxygen atoms in total. The molecule has 0 radical (unpaired) electrons. The third-order valence-corrected chi connectivity index (χ3v) is 5.28. The van der Waals surface area contributed by atoms with Crippen LogP contribution in [0.15, 0.2) is 17.2 Å². The van der Waals surface area contributed by atoms with Crippen LogP contribution in [0, 0.1) is 5.92 Å². The monoisotopic (exact) mass is 316 g/mol. The predicted molar refractivity (Wildman–Crippen MR) is 75.8 cm³/mol. The van der Waals surface area contributed by atoms with Crippen molar-refractivity contribution >= 4 is 16.0 Å². The molecule has 1 saturated heterocycles. The minimum absolute atomic E-state index is 0.0208. The van der Waals surface area contributed by atoms with Crippen molar-refractivity contribution in [2.45, 2.75) is 37.8 Å². The molecule has 1 fully saturated rings. The molecule has 0 aromatic carbocycles. The van der Waals surface area contributed by atoms with Crippen molar-refractivity contribution in [3.63, 3.8) is 0 Å². The largest absolute Gasteiger partial charge is 0.477 e. The van der Waals surface area contributed by atoms with Crippen LogP contribution < -0.4 is 4.72 Å². The molecular formula is C13H20N2O5S. The van der Waals surface area contributed by atoms with Gasteiger partial charge in [-0.15, -0.1) is 0 Å². The first-order chi connectivity index (χ1) is 9.85. The van der Waals surface area contributed by atoms with Crippen LogP contribution in [-0.2, 0) is 21.3 Å². The number of rotatable bonds is 6. The maximum absolute atomic E-state index is 12.3. The average Bonchev–Trinajstić information content (AvgIpc) is 3.07. The van der Waals surface area contributed by atoms with E-state index in [1.54, 1.807) is 13.8 Å². The van der Waals surface area contributed by atoms with Gasteiger partial charge in [-0.1, -0.05) is 0 Å². The van der Waals surface area contributed by atoms with Gasteiger partial charge in [-0.3, -0.25) is 0 Å². The molecule has 2 unspecified atom stereocenters. The molecule has 2 rings (SSSR count). The van der Waals surface area contributed by atoms with Gasteiger partial charge in [-0.05, 0) is 26.3 Å². The fourth-order valence-corrected chi connectivity index (χ4v) is 3.78. The number of hydrogen-bond donors (Lipinski definition) is 2. The lowest BCUT2D eigenvalue weighted by Gasteiger charge is -2.18. The zero-order valence-corrected chi connectivity index (χ0v) is 12.9. The number of ether oxygens (including phenoxy) is 1. The molecule has 118 valence electrons. The summed E-state index contributed by atoms with van der Waals surface area (Å²) in [6.45, 7) is 5.13. The first-order valence-electron chi connectivity index (χ1n) is 6.88. The van der Waals surface area contributed by atoms with Crippen LogP contribution in [0.5, 0.6) is 0 Å². The Morgan fingerprint density at radius 1 is 1.62 bits per heavy atom. The normalized spacial score (nSPS) is 20.6. The summed E-state index contributed by atoms with van der Waals surface area (Å²) >= 11 is 0. The first-order valence-corrected chi connectivity index (χ1v) is 8.37. The summed E-state index contributed by atoms with van der Waals surface area (Å²) in [5, 5.41) is 9.08. The van der Waals surface area contributed by atoms with Crippen LogP contribution in [0.1, 0.15) is 30.8 Å². The third-order valence-electron chi connectivity index (χ3n) is 3.75. The highest BCUT2D eigenvalue weighted by atomic mass is 32.2. The van der Waals surface area contributed by atoms with Crippen LogP contribution >= 0.6 is 0 Å². The van der Waals surface area contributed by atoms with E-state index in [0.29, 0.717) is 19.8 Å². The summed E-state index contributed by atoms with van der Waals surface area (Å²) < 4.78 is 34.0. The standard InChI is InChI=1S/C13H20N2O5S/c1-3-15-7-11(6-12(15)13(16)17)21(18,19)14-9(2)10-4-5-20-8-10/h6-7,9-10,14H,3-5,8H2,1-2H3,(H,16,17). The Morgan fingerprint density at radius 2 is 2.33 bits per heavy atom. The van der Waals surface area contributed by atoms with Gasteiger partial charge >= 0.3 is 5.97 Å². The van der Waals surface area contributed by atoms with E-state index in [0.717, 1.165) is 6.42 Å². The van der Waals surface area contributed by atoms with E-state index in [2.05, 4.69) is 4.72 Å². The van der Waals surface area contributed by atoms with Crippen molar-refractivity contribution in [3.8, 4) is 0 Å². The summed E-state index contributed by atoms with van der Waals surface area (Å²) in [5.74, 6) is -0.998. The van der Waals surface area contributed by atoms with E-state index < -0.39 is 16.0 Å². The number of aromatic nitrogens is 1. The maximum Gasteiger partial charge on any atom is 0.352 e. The molecule has 0 amide bonds. The molecule has 0 aliphatic carbocycles. The molecule has 1 aromatic heterocycles. The number of carbonyl (C=O) groups is 1. The van der Waals surface area contributed by atoms with Gasteiger partial charge in [-0.2, -0.15) is 0 Å². The Balaban J connectivity index is 2.20. The molecule has 21 heavy (non-hydrogen) atoms. The molecule has 1 aromatic rings. The van der Waals surface area contributed by atoms with Crippen molar-refractivity contribution in [2.24, 2.45) is 5.92 Å². The number of nitrogens with one attached hydrogen (secondary N) is 1. The SMILES string of the molecule is CCn1cc(S(=O)(=O)NC(C)C2CCOC2)cc1C(=O)O. The second-order valence-corrected chi connectivity index (χ2v) is 6.90.